The molecule has 1 atom stereocenters. The summed E-state index contributed by atoms with van der Waals surface area (Å²) in [5, 5.41) is 3.67. The van der Waals surface area contributed by atoms with E-state index in [0.717, 1.165) is 31.6 Å². The molecule has 1 N–H and O–H groups in total. The number of benzene rings is 2. The lowest BCUT2D eigenvalue weighted by Gasteiger charge is -2.28. The molecule has 2 aromatic carbocycles. The van der Waals surface area contributed by atoms with Crippen LogP contribution in [0.15, 0.2) is 48.5 Å². The summed E-state index contributed by atoms with van der Waals surface area (Å²) in [4.78, 5) is 12.1. The van der Waals surface area contributed by atoms with Crippen LogP contribution < -0.4 is 10.1 Å². The molecule has 0 amide bonds. The van der Waals surface area contributed by atoms with E-state index in [2.05, 4.69) is 41.7 Å². The van der Waals surface area contributed by atoms with Gasteiger partial charge in [-0.25, -0.2) is 4.79 Å². The highest BCUT2D eigenvalue weighted by Crippen LogP contribution is 2.28. The Kier molecular flexibility index (Phi) is 6.17. The zero-order chi connectivity index (χ0) is 19.3. The lowest BCUT2D eigenvalue weighted by atomic mass is 9.88. The molecular formula is C23H29NO3. The molecule has 0 fully saturated rings. The number of hydrogen-bond donors (Lipinski definition) is 1. The number of carbonyl (C=O) groups is 1. The van der Waals surface area contributed by atoms with Crippen LogP contribution in [0.3, 0.4) is 0 Å². The molecule has 0 bridgehead atoms. The van der Waals surface area contributed by atoms with E-state index in [9.17, 15) is 4.79 Å². The number of hydrogen-bond acceptors (Lipinski definition) is 4. The summed E-state index contributed by atoms with van der Waals surface area (Å²) in [6.07, 6.45) is 3.16. The van der Waals surface area contributed by atoms with Crippen molar-refractivity contribution < 1.29 is 14.3 Å². The maximum Gasteiger partial charge on any atom is 0.349 e. The lowest BCUT2D eigenvalue weighted by Crippen LogP contribution is -2.39. The number of fused-ring (bicyclic) bond motifs is 1. The maximum absolute atomic E-state index is 12.1. The summed E-state index contributed by atoms with van der Waals surface area (Å²) < 4.78 is 11.1. The van der Waals surface area contributed by atoms with Crippen LogP contribution >= 0.6 is 0 Å². The van der Waals surface area contributed by atoms with Gasteiger partial charge in [-0.1, -0.05) is 36.4 Å². The lowest BCUT2D eigenvalue weighted by molar-refractivity contribution is -0.158. The molecule has 0 radical (unpaired) electrons. The van der Waals surface area contributed by atoms with Gasteiger partial charge in [-0.05, 0) is 68.9 Å². The second-order valence-corrected chi connectivity index (χ2v) is 7.57. The van der Waals surface area contributed by atoms with Crippen molar-refractivity contribution in [1.29, 1.82) is 0 Å². The molecule has 3 rings (SSSR count). The second-order valence-electron chi connectivity index (χ2n) is 7.57. The highest BCUT2D eigenvalue weighted by atomic mass is 16.6. The third kappa shape index (κ3) is 5.10. The molecule has 0 aromatic heterocycles. The first-order valence-electron chi connectivity index (χ1n) is 9.73. The molecule has 2 aromatic rings. The van der Waals surface area contributed by atoms with Crippen molar-refractivity contribution in [3.05, 3.63) is 65.2 Å². The Balaban J connectivity index is 1.63. The van der Waals surface area contributed by atoms with Crippen molar-refractivity contribution in [1.82, 2.24) is 5.32 Å². The first kappa shape index (κ1) is 19.4. The van der Waals surface area contributed by atoms with Gasteiger partial charge in [0.25, 0.3) is 0 Å². The zero-order valence-corrected chi connectivity index (χ0v) is 16.5. The van der Waals surface area contributed by atoms with E-state index in [4.69, 9.17) is 9.47 Å². The smallest absolute Gasteiger partial charge is 0.349 e. The van der Waals surface area contributed by atoms with E-state index in [1.807, 2.05) is 12.1 Å². The minimum absolute atomic E-state index is 0.342. The minimum atomic E-state index is -0.996. The highest BCUT2D eigenvalue weighted by molar-refractivity contribution is 5.79. The van der Waals surface area contributed by atoms with Crippen LogP contribution in [-0.2, 0) is 28.9 Å². The minimum Gasteiger partial charge on any atom is -0.476 e. The average molecular weight is 367 g/mol. The fraction of sp³-hybridized carbons (Fsp3) is 0.435. The topological polar surface area (TPSA) is 47.6 Å². The first-order valence-corrected chi connectivity index (χ1v) is 9.73. The summed E-state index contributed by atoms with van der Waals surface area (Å²) in [6, 6.07) is 17.1. The molecule has 1 unspecified atom stereocenters. The van der Waals surface area contributed by atoms with Gasteiger partial charge in [0.2, 0.25) is 0 Å². The quantitative estimate of drug-likeness (QED) is 0.750. The van der Waals surface area contributed by atoms with E-state index in [1.54, 1.807) is 20.8 Å². The average Bonchev–Trinajstić information content (AvgIpc) is 2.67. The van der Waals surface area contributed by atoms with Crippen molar-refractivity contribution in [2.45, 2.75) is 58.2 Å². The molecule has 1 aliphatic rings. The fourth-order valence-corrected chi connectivity index (χ4v) is 3.47. The Morgan fingerprint density at radius 2 is 1.93 bits per heavy atom. The molecule has 0 saturated heterocycles. The van der Waals surface area contributed by atoms with Gasteiger partial charge < -0.3 is 14.8 Å². The van der Waals surface area contributed by atoms with Gasteiger partial charge >= 0.3 is 5.97 Å². The summed E-state index contributed by atoms with van der Waals surface area (Å²) >= 11 is 0. The molecule has 0 saturated carbocycles. The Hall–Kier alpha value is -2.33. The van der Waals surface area contributed by atoms with Crippen LogP contribution in [-0.4, -0.2) is 24.2 Å². The Morgan fingerprint density at radius 1 is 1.15 bits per heavy atom. The molecule has 1 aliphatic carbocycles. The largest absolute Gasteiger partial charge is 0.476 e. The van der Waals surface area contributed by atoms with Gasteiger partial charge in [0.15, 0.2) is 5.60 Å². The molecule has 27 heavy (non-hydrogen) atoms. The number of carbonyl (C=O) groups excluding carboxylic acids is 1. The fourth-order valence-electron chi connectivity index (χ4n) is 3.47. The number of ether oxygens (including phenoxy) is 2. The van der Waals surface area contributed by atoms with E-state index in [0.29, 0.717) is 12.6 Å². The standard InChI is InChI=1S/C23H29NO3/c1-4-26-22(25)23(2,3)27-21-13-11-18-10-12-20(14-19(18)15-21)24-16-17-8-6-5-7-9-17/h5-9,11,13,15,20,24H,4,10,12,14,16H2,1-3H3. The summed E-state index contributed by atoms with van der Waals surface area (Å²) in [5.74, 6) is 0.376. The number of aryl methyl sites for hydroxylation is 1. The van der Waals surface area contributed by atoms with Crippen molar-refractivity contribution in [2.75, 3.05) is 6.61 Å². The third-order valence-corrected chi connectivity index (χ3v) is 4.98. The number of rotatable bonds is 7. The molecule has 144 valence electrons. The Morgan fingerprint density at radius 3 is 2.67 bits per heavy atom. The molecular weight excluding hydrogens is 338 g/mol. The summed E-state index contributed by atoms with van der Waals surface area (Å²) in [5.41, 5.74) is 2.97. The van der Waals surface area contributed by atoms with Gasteiger partial charge in [0, 0.05) is 12.6 Å². The van der Waals surface area contributed by atoms with E-state index >= 15 is 0 Å². The van der Waals surface area contributed by atoms with Crippen molar-refractivity contribution in [2.24, 2.45) is 0 Å². The predicted octanol–water partition coefficient (Wildman–Crippen LogP) is 4.05. The van der Waals surface area contributed by atoms with E-state index in [-0.39, 0.29) is 5.97 Å². The third-order valence-electron chi connectivity index (χ3n) is 4.98. The highest BCUT2D eigenvalue weighted by Gasteiger charge is 2.32. The molecule has 4 nitrogen and oxygen atoms in total. The normalized spacial score (nSPS) is 16.5. The van der Waals surface area contributed by atoms with Crippen LogP contribution in [0.1, 0.15) is 43.9 Å². The van der Waals surface area contributed by atoms with Crippen molar-refractivity contribution in [3.8, 4) is 5.75 Å². The van der Waals surface area contributed by atoms with Crippen molar-refractivity contribution in [3.63, 3.8) is 0 Å². The van der Waals surface area contributed by atoms with E-state index < -0.39 is 5.60 Å². The van der Waals surface area contributed by atoms with Crippen LogP contribution in [0.2, 0.25) is 0 Å². The van der Waals surface area contributed by atoms with Crippen LogP contribution in [0, 0.1) is 0 Å². The van der Waals surface area contributed by atoms with Gasteiger partial charge in [0.1, 0.15) is 5.75 Å². The van der Waals surface area contributed by atoms with Crippen molar-refractivity contribution >= 4 is 5.97 Å². The SMILES string of the molecule is CCOC(=O)C(C)(C)Oc1ccc2c(c1)CC(NCc1ccccc1)CC2. The van der Waals surface area contributed by atoms with Gasteiger partial charge in [-0.3, -0.25) is 0 Å². The zero-order valence-electron chi connectivity index (χ0n) is 16.5. The Labute approximate surface area is 161 Å². The summed E-state index contributed by atoms with van der Waals surface area (Å²) in [7, 11) is 0. The Bertz CT molecular complexity index is 770. The number of nitrogens with one attached hydrogen (secondary N) is 1. The monoisotopic (exact) mass is 367 g/mol. The molecule has 4 heteroatoms. The van der Waals surface area contributed by atoms with Gasteiger partial charge in [-0.2, -0.15) is 0 Å². The van der Waals surface area contributed by atoms with Gasteiger partial charge in [0.05, 0.1) is 6.61 Å². The first-order chi connectivity index (χ1) is 13.0. The van der Waals surface area contributed by atoms with Crippen LogP contribution in [0.4, 0.5) is 0 Å². The maximum atomic E-state index is 12.1. The summed E-state index contributed by atoms with van der Waals surface area (Å²) in [6.45, 7) is 6.52. The van der Waals surface area contributed by atoms with Gasteiger partial charge in [-0.15, -0.1) is 0 Å². The van der Waals surface area contributed by atoms with Crippen LogP contribution in [0.25, 0.3) is 0 Å². The second kappa shape index (κ2) is 8.57. The number of esters is 1. The molecule has 0 spiro atoms. The van der Waals surface area contributed by atoms with Crippen LogP contribution in [0.5, 0.6) is 5.75 Å². The molecule has 0 heterocycles. The van der Waals surface area contributed by atoms with E-state index in [1.165, 1.54) is 16.7 Å². The predicted molar refractivity (Wildman–Crippen MR) is 107 cm³/mol. The molecule has 0 aliphatic heterocycles.